The van der Waals surface area contributed by atoms with E-state index in [1.165, 1.54) is 51.4 Å². The summed E-state index contributed by atoms with van der Waals surface area (Å²) in [6, 6.07) is 0. The molecule has 0 bridgehead atoms. The lowest BCUT2D eigenvalue weighted by molar-refractivity contribution is 0.573. The predicted octanol–water partition coefficient (Wildman–Crippen LogP) is 3.00. The van der Waals surface area contributed by atoms with E-state index in [9.17, 15) is 0 Å². The molecule has 0 saturated carbocycles. The number of hydrogen-bond acceptors (Lipinski definition) is 1. The second-order valence-electron chi connectivity index (χ2n) is 4.61. The zero-order valence-electron chi connectivity index (χ0n) is 11.3. The molecule has 0 aromatic rings. The van der Waals surface area contributed by atoms with Crippen LogP contribution in [0.4, 0.5) is 0 Å². The van der Waals surface area contributed by atoms with Crippen molar-refractivity contribution in [1.82, 2.24) is 4.90 Å². The molecule has 0 spiro atoms. The van der Waals surface area contributed by atoms with Crippen molar-refractivity contribution in [3.8, 4) is 0 Å². The molecule has 0 aliphatic carbocycles. The third kappa shape index (κ3) is 9.81. The minimum atomic E-state index is 0.642. The lowest BCUT2D eigenvalue weighted by Gasteiger charge is -2.10. The first kappa shape index (κ1) is 15.3. The Morgan fingerprint density at radius 2 is 1.44 bits per heavy atom. The van der Waals surface area contributed by atoms with Gasteiger partial charge >= 0.3 is 0 Å². The highest BCUT2D eigenvalue weighted by atomic mass is 15.2. The third-order valence-corrected chi connectivity index (χ3v) is 2.74. The van der Waals surface area contributed by atoms with Crippen LogP contribution < -0.4 is 5.73 Å². The molecule has 2 N–H and O–H groups in total. The van der Waals surface area contributed by atoms with Crippen LogP contribution >= 0.6 is 0 Å². The molecule has 0 atom stereocenters. The maximum Gasteiger partial charge on any atom is 0.190 e. The Hall–Kier alpha value is -0.730. The molecule has 0 amide bonds. The van der Waals surface area contributed by atoms with Gasteiger partial charge in [-0.1, -0.05) is 51.9 Å². The van der Waals surface area contributed by atoms with Crippen molar-refractivity contribution in [2.45, 2.75) is 58.3 Å². The van der Waals surface area contributed by atoms with Gasteiger partial charge in [0.1, 0.15) is 0 Å². The van der Waals surface area contributed by atoms with E-state index < -0.39 is 0 Å². The molecule has 0 unspecified atom stereocenters. The average molecular weight is 227 g/mol. The Labute approximate surface area is 101 Å². The van der Waals surface area contributed by atoms with Crippen LogP contribution in [0.3, 0.4) is 0 Å². The van der Waals surface area contributed by atoms with Crippen molar-refractivity contribution in [2.24, 2.45) is 10.7 Å². The highest BCUT2D eigenvalue weighted by Gasteiger charge is 1.93. The minimum Gasteiger partial charge on any atom is -0.370 e. The quantitative estimate of drug-likeness (QED) is 0.374. The largest absolute Gasteiger partial charge is 0.370 e. The normalized spacial score (nSPS) is 11.8. The molecular formula is C13H29N3. The molecular weight excluding hydrogens is 198 g/mol. The standard InChI is InChI=1S/C13H29N3/c1-4-5-6-7-8-9-10-11-12-15-13(14)16(2)3/h4-12H2,1-3H3,(H2,14,15). The van der Waals surface area contributed by atoms with E-state index in [0.29, 0.717) is 5.96 Å². The van der Waals surface area contributed by atoms with Gasteiger partial charge < -0.3 is 10.6 Å². The van der Waals surface area contributed by atoms with E-state index in [1.807, 2.05) is 19.0 Å². The number of hydrogen-bond donors (Lipinski definition) is 1. The third-order valence-electron chi connectivity index (χ3n) is 2.74. The van der Waals surface area contributed by atoms with Crippen LogP contribution in [-0.4, -0.2) is 31.5 Å². The van der Waals surface area contributed by atoms with Gasteiger partial charge in [0.25, 0.3) is 0 Å². The van der Waals surface area contributed by atoms with E-state index >= 15 is 0 Å². The van der Waals surface area contributed by atoms with Gasteiger partial charge in [0.2, 0.25) is 0 Å². The lowest BCUT2D eigenvalue weighted by atomic mass is 10.1. The highest BCUT2D eigenvalue weighted by Crippen LogP contribution is 2.08. The zero-order valence-corrected chi connectivity index (χ0v) is 11.3. The highest BCUT2D eigenvalue weighted by molar-refractivity contribution is 5.77. The summed E-state index contributed by atoms with van der Waals surface area (Å²) in [4.78, 5) is 6.14. The molecule has 0 saturated heterocycles. The van der Waals surface area contributed by atoms with E-state index in [-0.39, 0.29) is 0 Å². The van der Waals surface area contributed by atoms with Gasteiger partial charge in [-0.15, -0.1) is 0 Å². The van der Waals surface area contributed by atoms with Gasteiger partial charge in [0.15, 0.2) is 5.96 Å². The van der Waals surface area contributed by atoms with Gasteiger partial charge in [-0.3, -0.25) is 4.99 Å². The molecule has 0 fully saturated rings. The van der Waals surface area contributed by atoms with Crippen LogP contribution in [0.1, 0.15) is 58.3 Å². The minimum absolute atomic E-state index is 0.642. The molecule has 96 valence electrons. The van der Waals surface area contributed by atoms with Gasteiger partial charge in [-0.25, -0.2) is 0 Å². The second-order valence-corrected chi connectivity index (χ2v) is 4.61. The van der Waals surface area contributed by atoms with E-state index in [0.717, 1.165) is 6.54 Å². The molecule has 0 aliphatic rings. The first-order chi connectivity index (χ1) is 7.68. The Bertz CT molecular complexity index is 176. The van der Waals surface area contributed by atoms with Gasteiger partial charge in [-0.05, 0) is 6.42 Å². The van der Waals surface area contributed by atoms with Gasteiger partial charge in [-0.2, -0.15) is 0 Å². The summed E-state index contributed by atoms with van der Waals surface area (Å²) in [6.07, 6.45) is 10.7. The molecule has 0 aliphatic heterocycles. The van der Waals surface area contributed by atoms with Gasteiger partial charge in [0, 0.05) is 20.6 Å². The predicted molar refractivity (Wildman–Crippen MR) is 72.8 cm³/mol. The second kappa shape index (κ2) is 10.8. The SMILES string of the molecule is CCCCCCCCCCN=C(N)N(C)C. The summed E-state index contributed by atoms with van der Waals surface area (Å²) < 4.78 is 0. The Morgan fingerprint density at radius 1 is 0.938 bits per heavy atom. The van der Waals surface area contributed by atoms with Crippen molar-refractivity contribution in [3.63, 3.8) is 0 Å². The van der Waals surface area contributed by atoms with Crippen LogP contribution in [0.2, 0.25) is 0 Å². The zero-order chi connectivity index (χ0) is 12.2. The fourth-order valence-electron chi connectivity index (χ4n) is 1.58. The van der Waals surface area contributed by atoms with E-state index in [4.69, 9.17) is 5.73 Å². The molecule has 3 nitrogen and oxygen atoms in total. The number of nitrogens with zero attached hydrogens (tertiary/aromatic N) is 2. The maximum atomic E-state index is 5.69. The molecule has 16 heavy (non-hydrogen) atoms. The van der Waals surface area contributed by atoms with Gasteiger partial charge in [0.05, 0.1) is 0 Å². The van der Waals surface area contributed by atoms with Crippen LogP contribution in [0, 0.1) is 0 Å². The summed E-state index contributed by atoms with van der Waals surface area (Å²) in [5, 5.41) is 0. The number of aliphatic imine (C=N–C) groups is 1. The van der Waals surface area contributed by atoms with Crippen molar-refractivity contribution >= 4 is 5.96 Å². The molecule has 3 heteroatoms. The van der Waals surface area contributed by atoms with E-state index in [2.05, 4.69) is 11.9 Å². The molecule has 0 aromatic heterocycles. The fraction of sp³-hybridized carbons (Fsp3) is 0.923. The fourth-order valence-corrected chi connectivity index (χ4v) is 1.58. The number of nitrogens with two attached hydrogens (primary N) is 1. The smallest absolute Gasteiger partial charge is 0.190 e. The Kier molecular flexibility index (Phi) is 10.3. The maximum absolute atomic E-state index is 5.69. The first-order valence-corrected chi connectivity index (χ1v) is 6.65. The summed E-state index contributed by atoms with van der Waals surface area (Å²) in [5.41, 5.74) is 5.69. The van der Waals surface area contributed by atoms with Crippen LogP contribution in [-0.2, 0) is 0 Å². The number of rotatable bonds is 9. The lowest BCUT2D eigenvalue weighted by Crippen LogP contribution is -2.30. The topological polar surface area (TPSA) is 41.6 Å². The number of unbranched alkanes of at least 4 members (excludes halogenated alkanes) is 7. The van der Waals surface area contributed by atoms with Crippen LogP contribution in [0.15, 0.2) is 4.99 Å². The average Bonchev–Trinajstić information content (AvgIpc) is 2.26. The molecule has 0 heterocycles. The summed E-state index contributed by atoms with van der Waals surface area (Å²) in [7, 11) is 3.85. The van der Waals surface area contributed by atoms with E-state index in [1.54, 1.807) is 0 Å². The van der Waals surface area contributed by atoms with Crippen molar-refractivity contribution < 1.29 is 0 Å². The molecule has 0 rings (SSSR count). The summed E-state index contributed by atoms with van der Waals surface area (Å²) in [6.45, 7) is 3.13. The summed E-state index contributed by atoms with van der Waals surface area (Å²) >= 11 is 0. The number of guanidine groups is 1. The Balaban J connectivity index is 3.18. The molecule has 0 aromatic carbocycles. The van der Waals surface area contributed by atoms with Crippen molar-refractivity contribution in [3.05, 3.63) is 0 Å². The van der Waals surface area contributed by atoms with Crippen LogP contribution in [0.5, 0.6) is 0 Å². The van der Waals surface area contributed by atoms with Crippen LogP contribution in [0.25, 0.3) is 0 Å². The summed E-state index contributed by atoms with van der Waals surface area (Å²) in [5.74, 6) is 0.642. The van der Waals surface area contributed by atoms with Crippen molar-refractivity contribution in [1.29, 1.82) is 0 Å². The monoisotopic (exact) mass is 227 g/mol. The Morgan fingerprint density at radius 3 is 1.94 bits per heavy atom. The first-order valence-electron chi connectivity index (χ1n) is 6.65. The molecule has 0 radical (unpaired) electrons. The van der Waals surface area contributed by atoms with Crippen molar-refractivity contribution in [2.75, 3.05) is 20.6 Å².